The van der Waals surface area contributed by atoms with E-state index in [0.29, 0.717) is 0 Å². The van der Waals surface area contributed by atoms with E-state index in [9.17, 15) is 4.79 Å². The van der Waals surface area contributed by atoms with Crippen LogP contribution < -0.4 is 0 Å². The number of hydrogen-bond donors (Lipinski definition) is 0. The van der Waals surface area contributed by atoms with E-state index in [-0.39, 0.29) is 27.9 Å². The summed E-state index contributed by atoms with van der Waals surface area (Å²) in [7, 11) is 0. The lowest BCUT2D eigenvalue weighted by Crippen LogP contribution is -2.44. The van der Waals surface area contributed by atoms with Crippen LogP contribution in [0, 0.1) is 22.2 Å². The maximum absolute atomic E-state index is 12.6. The molecule has 0 fully saturated rings. The van der Waals surface area contributed by atoms with Crippen LogP contribution in [0.3, 0.4) is 0 Å². The number of carbonyl (C=O) groups excluding carboxylic acids is 1. The minimum atomic E-state index is -0.153. The molecule has 0 atom stereocenters. The third-order valence-electron chi connectivity index (χ3n) is 4.98. The van der Waals surface area contributed by atoms with E-state index in [4.69, 9.17) is 0 Å². The first-order valence-electron chi connectivity index (χ1n) is 8.06. The van der Waals surface area contributed by atoms with Crippen molar-refractivity contribution < 1.29 is 4.79 Å². The van der Waals surface area contributed by atoms with E-state index in [1.165, 1.54) is 0 Å². The van der Waals surface area contributed by atoms with E-state index in [2.05, 4.69) is 65.8 Å². The van der Waals surface area contributed by atoms with E-state index >= 15 is 0 Å². The first kappa shape index (κ1) is 16.7. The van der Waals surface area contributed by atoms with Gasteiger partial charge in [-0.05, 0) is 10.8 Å². The molecule has 1 aliphatic rings. The normalized spacial score (nSPS) is 18.5. The second-order valence-corrected chi connectivity index (χ2v) is 8.34. The molecular formula is C21H28O. The topological polar surface area (TPSA) is 17.1 Å². The van der Waals surface area contributed by atoms with Crippen molar-refractivity contribution in [2.24, 2.45) is 22.2 Å². The Labute approximate surface area is 135 Å². The van der Waals surface area contributed by atoms with Crippen LogP contribution in [0.2, 0.25) is 0 Å². The summed E-state index contributed by atoms with van der Waals surface area (Å²) < 4.78 is 0. The Morgan fingerprint density at radius 1 is 0.864 bits per heavy atom. The SMILES string of the molecule is CC(C)(C)C1(C(C)(C)C)C=CC(C(=O)c2ccccc2)C=C1. The molecule has 0 spiro atoms. The fourth-order valence-corrected chi connectivity index (χ4v) is 3.73. The summed E-state index contributed by atoms with van der Waals surface area (Å²) in [6.45, 7) is 13.6. The molecule has 0 saturated heterocycles. The van der Waals surface area contributed by atoms with Crippen LogP contribution >= 0.6 is 0 Å². The number of Topliss-reactive ketones (excluding diaryl/α,β-unsaturated/α-hetero) is 1. The second-order valence-electron chi connectivity index (χ2n) is 8.34. The minimum absolute atomic E-state index is 0.0481. The molecule has 118 valence electrons. The summed E-state index contributed by atoms with van der Waals surface area (Å²) >= 11 is 0. The molecule has 1 nitrogen and oxygen atoms in total. The molecule has 22 heavy (non-hydrogen) atoms. The van der Waals surface area contributed by atoms with Gasteiger partial charge in [0.1, 0.15) is 0 Å². The summed E-state index contributed by atoms with van der Waals surface area (Å²) in [6.07, 6.45) is 8.70. The Balaban J connectivity index is 2.33. The molecule has 0 aliphatic heterocycles. The third kappa shape index (κ3) is 2.82. The summed E-state index contributed by atoms with van der Waals surface area (Å²) in [5.74, 6) is 0.0183. The molecule has 1 heteroatoms. The van der Waals surface area contributed by atoms with Gasteiger partial charge in [0.25, 0.3) is 0 Å². The van der Waals surface area contributed by atoms with Crippen LogP contribution in [0.5, 0.6) is 0 Å². The van der Waals surface area contributed by atoms with Gasteiger partial charge in [-0.1, -0.05) is 96.2 Å². The van der Waals surface area contributed by atoms with Crippen molar-refractivity contribution in [2.75, 3.05) is 0 Å². The summed E-state index contributed by atoms with van der Waals surface area (Å²) in [4.78, 5) is 12.6. The standard InChI is InChI=1S/C21H28O/c1-19(2,3)21(20(4,5)6)14-12-17(13-15-21)18(22)16-10-8-7-9-11-16/h7-15,17H,1-6H3. The molecule has 0 radical (unpaired) electrons. The largest absolute Gasteiger partial charge is 0.293 e. The van der Waals surface area contributed by atoms with Gasteiger partial charge in [-0.15, -0.1) is 0 Å². The molecule has 0 unspecified atom stereocenters. The van der Waals surface area contributed by atoms with Crippen LogP contribution in [0.15, 0.2) is 54.6 Å². The highest BCUT2D eigenvalue weighted by Gasteiger charge is 2.47. The van der Waals surface area contributed by atoms with Gasteiger partial charge in [0, 0.05) is 11.0 Å². The fourth-order valence-electron chi connectivity index (χ4n) is 3.73. The maximum atomic E-state index is 12.6. The first-order valence-corrected chi connectivity index (χ1v) is 8.06. The van der Waals surface area contributed by atoms with Gasteiger partial charge in [0.2, 0.25) is 0 Å². The quantitative estimate of drug-likeness (QED) is 0.506. The zero-order chi connectivity index (χ0) is 16.6. The van der Waals surface area contributed by atoms with Crippen LogP contribution in [0.4, 0.5) is 0 Å². The molecule has 1 aromatic rings. The summed E-state index contributed by atoms with van der Waals surface area (Å²) in [5, 5.41) is 0. The van der Waals surface area contributed by atoms with Crippen molar-refractivity contribution in [3.05, 3.63) is 60.2 Å². The van der Waals surface area contributed by atoms with E-state index in [1.807, 2.05) is 30.3 Å². The predicted octanol–water partition coefficient (Wildman–Crippen LogP) is 5.69. The van der Waals surface area contributed by atoms with Crippen molar-refractivity contribution in [3.63, 3.8) is 0 Å². The molecule has 1 aromatic carbocycles. The van der Waals surface area contributed by atoms with Gasteiger partial charge >= 0.3 is 0 Å². The molecule has 1 aliphatic carbocycles. The van der Waals surface area contributed by atoms with Crippen molar-refractivity contribution in [3.8, 4) is 0 Å². The van der Waals surface area contributed by atoms with Crippen LogP contribution in [0.1, 0.15) is 51.9 Å². The highest BCUT2D eigenvalue weighted by molar-refractivity contribution is 6.00. The first-order chi connectivity index (χ1) is 10.1. The van der Waals surface area contributed by atoms with Gasteiger partial charge in [0.15, 0.2) is 5.78 Å². The average Bonchev–Trinajstić information content (AvgIpc) is 2.45. The minimum Gasteiger partial charge on any atom is -0.293 e. The summed E-state index contributed by atoms with van der Waals surface area (Å²) in [6, 6.07) is 9.54. The Morgan fingerprint density at radius 3 is 1.73 bits per heavy atom. The predicted molar refractivity (Wildman–Crippen MR) is 93.9 cm³/mol. The van der Waals surface area contributed by atoms with Crippen molar-refractivity contribution in [1.29, 1.82) is 0 Å². The second kappa shape index (κ2) is 5.53. The Bertz CT molecular complexity index is 561. The molecule has 2 rings (SSSR count). The summed E-state index contributed by atoms with van der Waals surface area (Å²) in [5.41, 5.74) is 0.923. The van der Waals surface area contributed by atoms with Gasteiger partial charge < -0.3 is 0 Å². The molecule has 0 aromatic heterocycles. The van der Waals surface area contributed by atoms with Gasteiger partial charge in [-0.2, -0.15) is 0 Å². The number of benzene rings is 1. The van der Waals surface area contributed by atoms with Crippen LogP contribution in [-0.2, 0) is 0 Å². The van der Waals surface area contributed by atoms with Crippen molar-refractivity contribution in [1.82, 2.24) is 0 Å². The van der Waals surface area contributed by atoms with Gasteiger partial charge in [-0.25, -0.2) is 0 Å². The number of allylic oxidation sites excluding steroid dienone is 4. The van der Waals surface area contributed by atoms with Crippen LogP contribution in [-0.4, -0.2) is 5.78 Å². The lowest BCUT2D eigenvalue weighted by atomic mass is 9.52. The molecular weight excluding hydrogens is 268 g/mol. The fraction of sp³-hybridized carbons (Fsp3) is 0.476. The van der Waals surface area contributed by atoms with E-state index in [0.717, 1.165) is 5.56 Å². The Kier molecular flexibility index (Phi) is 4.21. The highest BCUT2D eigenvalue weighted by atomic mass is 16.1. The molecule has 0 heterocycles. The lowest BCUT2D eigenvalue weighted by molar-refractivity contribution is 0.0636. The van der Waals surface area contributed by atoms with Gasteiger partial charge in [-0.3, -0.25) is 4.79 Å². The highest BCUT2D eigenvalue weighted by Crippen LogP contribution is 2.55. The number of ketones is 1. The number of hydrogen-bond acceptors (Lipinski definition) is 1. The van der Waals surface area contributed by atoms with Crippen molar-refractivity contribution in [2.45, 2.75) is 41.5 Å². The zero-order valence-corrected chi connectivity index (χ0v) is 14.7. The Hall–Kier alpha value is -1.63. The smallest absolute Gasteiger partial charge is 0.173 e. The van der Waals surface area contributed by atoms with E-state index in [1.54, 1.807) is 0 Å². The van der Waals surface area contributed by atoms with Crippen molar-refractivity contribution >= 4 is 5.78 Å². The average molecular weight is 296 g/mol. The number of carbonyl (C=O) groups is 1. The molecule has 0 amide bonds. The molecule has 0 saturated carbocycles. The Morgan fingerprint density at radius 2 is 1.32 bits per heavy atom. The van der Waals surface area contributed by atoms with Crippen LogP contribution in [0.25, 0.3) is 0 Å². The monoisotopic (exact) mass is 296 g/mol. The van der Waals surface area contributed by atoms with E-state index < -0.39 is 0 Å². The van der Waals surface area contributed by atoms with Gasteiger partial charge in [0.05, 0.1) is 5.92 Å². The molecule has 0 N–H and O–H groups in total. The lowest BCUT2D eigenvalue weighted by Gasteiger charge is -2.51. The zero-order valence-electron chi connectivity index (χ0n) is 14.7. The maximum Gasteiger partial charge on any atom is 0.173 e. The molecule has 0 bridgehead atoms. The number of rotatable bonds is 2. The third-order valence-corrected chi connectivity index (χ3v) is 4.98.